The third-order valence-electron chi connectivity index (χ3n) is 6.37. The van der Waals surface area contributed by atoms with Crippen LogP contribution in [0, 0.1) is 17.8 Å². The van der Waals surface area contributed by atoms with Crippen molar-refractivity contribution >= 4 is 11.6 Å². The first kappa shape index (κ1) is 16.7. The molecular weight excluding hydrogens is 312 g/mol. The van der Waals surface area contributed by atoms with Gasteiger partial charge in [-0.2, -0.15) is 0 Å². The molecule has 0 radical (unpaired) electrons. The van der Waals surface area contributed by atoms with E-state index in [-0.39, 0.29) is 17.5 Å². The average Bonchev–Trinajstić information content (AvgIpc) is 2.55. The lowest BCUT2D eigenvalue weighted by Gasteiger charge is -2.57. The van der Waals surface area contributed by atoms with Crippen molar-refractivity contribution in [3.63, 3.8) is 0 Å². The van der Waals surface area contributed by atoms with Gasteiger partial charge in [-0.25, -0.2) is 0 Å². The number of anilines is 1. The number of carbonyl (C=O) groups is 1. The van der Waals surface area contributed by atoms with Crippen molar-refractivity contribution in [3.8, 4) is 5.75 Å². The average molecular weight is 342 g/mol. The monoisotopic (exact) mass is 342 g/mol. The lowest BCUT2D eigenvalue weighted by molar-refractivity contribution is -0.127. The van der Waals surface area contributed by atoms with Gasteiger partial charge in [0.15, 0.2) is 0 Å². The van der Waals surface area contributed by atoms with Crippen LogP contribution in [-0.4, -0.2) is 24.1 Å². The summed E-state index contributed by atoms with van der Waals surface area (Å²) in [5, 5.41) is 6.78. The summed E-state index contributed by atoms with van der Waals surface area (Å²) in [4.78, 5) is 12.8. The Balaban J connectivity index is 1.36. The van der Waals surface area contributed by atoms with Crippen molar-refractivity contribution in [1.29, 1.82) is 0 Å². The van der Waals surface area contributed by atoms with Crippen LogP contribution in [0.5, 0.6) is 5.75 Å². The molecular formula is C21H30N2O2. The van der Waals surface area contributed by atoms with E-state index in [4.69, 9.17) is 4.74 Å². The Morgan fingerprint density at radius 2 is 1.68 bits per heavy atom. The Morgan fingerprint density at radius 3 is 2.20 bits per heavy atom. The maximum Gasteiger partial charge on any atom is 0.242 e. The molecule has 1 amide bonds. The molecule has 4 aliphatic carbocycles. The molecule has 5 rings (SSSR count). The molecule has 136 valence electrons. The standard InChI is InChI=1S/C21H30N2O2/c1-3-25-19-6-4-18(5-7-19)22-14(2)20(24)23-21-11-15-8-16(12-21)10-17(9-15)13-21/h4-7,14-17,22H,3,8-13H2,1-2H3,(H,23,24)/t14-,15?,16?,17?,21?/m0/s1. The van der Waals surface area contributed by atoms with Gasteiger partial charge in [0, 0.05) is 11.2 Å². The van der Waals surface area contributed by atoms with Gasteiger partial charge in [0.05, 0.1) is 6.61 Å². The number of amides is 1. The van der Waals surface area contributed by atoms with Gasteiger partial charge in [-0.05, 0) is 94.4 Å². The first-order chi connectivity index (χ1) is 12.0. The van der Waals surface area contributed by atoms with Crippen LogP contribution in [0.1, 0.15) is 52.4 Å². The summed E-state index contributed by atoms with van der Waals surface area (Å²) in [6.07, 6.45) is 7.78. The molecule has 4 bridgehead atoms. The molecule has 0 aromatic heterocycles. The highest BCUT2D eigenvalue weighted by molar-refractivity contribution is 5.85. The zero-order valence-electron chi connectivity index (χ0n) is 15.4. The van der Waals surface area contributed by atoms with E-state index in [0.717, 1.165) is 29.2 Å². The number of nitrogens with one attached hydrogen (secondary N) is 2. The van der Waals surface area contributed by atoms with Crippen molar-refractivity contribution in [2.75, 3.05) is 11.9 Å². The number of benzene rings is 1. The van der Waals surface area contributed by atoms with Gasteiger partial charge in [-0.3, -0.25) is 4.79 Å². The Hall–Kier alpha value is -1.71. The summed E-state index contributed by atoms with van der Waals surface area (Å²) < 4.78 is 5.47. The van der Waals surface area contributed by atoms with E-state index in [1.165, 1.54) is 38.5 Å². The molecule has 4 nitrogen and oxygen atoms in total. The summed E-state index contributed by atoms with van der Waals surface area (Å²) in [5.41, 5.74) is 1.04. The smallest absolute Gasteiger partial charge is 0.242 e. The molecule has 1 aromatic rings. The second-order valence-electron chi connectivity index (χ2n) is 8.51. The predicted octanol–water partition coefficient (Wildman–Crippen LogP) is 3.97. The first-order valence-electron chi connectivity index (χ1n) is 9.86. The topological polar surface area (TPSA) is 50.4 Å². The lowest BCUT2D eigenvalue weighted by atomic mass is 9.53. The summed E-state index contributed by atoms with van der Waals surface area (Å²) in [6, 6.07) is 7.59. The van der Waals surface area contributed by atoms with Crippen LogP contribution in [0.15, 0.2) is 24.3 Å². The summed E-state index contributed by atoms with van der Waals surface area (Å²) in [5.74, 6) is 3.54. The first-order valence-corrected chi connectivity index (χ1v) is 9.86. The van der Waals surface area contributed by atoms with Crippen molar-refractivity contribution in [2.45, 2.75) is 64.0 Å². The molecule has 4 heteroatoms. The van der Waals surface area contributed by atoms with E-state index in [1.807, 2.05) is 38.1 Å². The van der Waals surface area contributed by atoms with Crippen LogP contribution in [0.25, 0.3) is 0 Å². The molecule has 25 heavy (non-hydrogen) atoms. The van der Waals surface area contributed by atoms with Gasteiger partial charge in [0.25, 0.3) is 0 Å². The van der Waals surface area contributed by atoms with Gasteiger partial charge < -0.3 is 15.4 Å². The second-order valence-corrected chi connectivity index (χ2v) is 8.51. The lowest BCUT2D eigenvalue weighted by Crippen LogP contribution is -2.61. The number of hydrogen-bond acceptors (Lipinski definition) is 3. The highest BCUT2D eigenvalue weighted by Gasteiger charge is 2.51. The fourth-order valence-corrected chi connectivity index (χ4v) is 5.76. The Labute approximate surface area is 150 Å². The summed E-state index contributed by atoms with van der Waals surface area (Å²) in [6.45, 7) is 4.59. The van der Waals surface area contributed by atoms with E-state index in [2.05, 4.69) is 10.6 Å². The van der Waals surface area contributed by atoms with Crippen molar-refractivity contribution in [1.82, 2.24) is 5.32 Å². The van der Waals surface area contributed by atoms with Crippen LogP contribution in [0.4, 0.5) is 5.69 Å². The SMILES string of the molecule is CCOc1ccc(N[C@@H](C)C(=O)NC23CC4CC(CC(C4)C2)C3)cc1. The Morgan fingerprint density at radius 1 is 1.12 bits per heavy atom. The number of ether oxygens (including phenoxy) is 1. The minimum atomic E-state index is -0.231. The fourth-order valence-electron chi connectivity index (χ4n) is 5.76. The highest BCUT2D eigenvalue weighted by Crippen LogP contribution is 2.55. The van der Waals surface area contributed by atoms with Crippen molar-refractivity contribution < 1.29 is 9.53 Å². The quantitative estimate of drug-likeness (QED) is 0.822. The van der Waals surface area contributed by atoms with Gasteiger partial charge in [-0.15, -0.1) is 0 Å². The zero-order valence-corrected chi connectivity index (χ0v) is 15.4. The Kier molecular flexibility index (Phi) is 4.38. The molecule has 0 saturated heterocycles. The van der Waals surface area contributed by atoms with E-state index in [9.17, 15) is 4.79 Å². The zero-order chi connectivity index (χ0) is 17.4. The molecule has 1 atom stereocenters. The second kappa shape index (κ2) is 6.54. The maximum absolute atomic E-state index is 12.8. The third-order valence-corrected chi connectivity index (χ3v) is 6.37. The maximum atomic E-state index is 12.8. The molecule has 1 aromatic carbocycles. The van der Waals surface area contributed by atoms with E-state index in [1.54, 1.807) is 0 Å². The predicted molar refractivity (Wildman–Crippen MR) is 99.7 cm³/mol. The van der Waals surface area contributed by atoms with Crippen molar-refractivity contribution in [3.05, 3.63) is 24.3 Å². The van der Waals surface area contributed by atoms with Gasteiger partial charge in [0.1, 0.15) is 11.8 Å². The van der Waals surface area contributed by atoms with Gasteiger partial charge in [0.2, 0.25) is 5.91 Å². The molecule has 4 saturated carbocycles. The van der Waals surface area contributed by atoms with E-state index < -0.39 is 0 Å². The van der Waals surface area contributed by atoms with E-state index >= 15 is 0 Å². The minimum absolute atomic E-state index is 0.0839. The van der Waals surface area contributed by atoms with Crippen LogP contribution in [-0.2, 0) is 4.79 Å². The molecule has 2 N–H and O–H groups in total. The number of hydrogen-bond donors (Lipinski definition) is 2. The van der Waals surface area contributed by atoms with Gasteiger partial charge >= 0.3 is 0 Å². The van der Waals surface area contributed by atoms with E-state index in [0.29, 0.717) is 6.61 Å². The minimum Gasteiger partial charge on any atom is -0.494 e. The normalized spacial score (nSPS) is 33.8. The van der Waals surface area contributed by atoms with Gasteiger partial charge in [-0.1, -0.05) is 0 Å². The summed E-state index contributed by atoms with van der Waals surface area (Å²) >= 11 is 0. The molecule has 0 heterocycles. The molecule has 4 fully saturated rings. The summed E-state index contributed by atoms with van der Waals surface area (Å²) in [7, 11) is 0. The van der Waals surface area contributed by atoms with Crippen LogP contribution in [0.3, 0.4) is 0 Å². The van der Waals surface area contributed by atoms with Crippen molar-refractivity contribution in [2.24, 2.45) is 17.8 Å². The number of rotatable bonds is 6. The highest BCUT2D eigenvalue weighted by atomic mass is 16.5. The van der Waals surface area contributed by atoms with Crippen LogP contribution in [0.2, 0.25) is 0 Å². The van der Waals surface area contributed by atoms with Crippen LogP contribution >= 0.6 is 0 Å². The third kappa shape index (κ3) is 3.49. The number of carbonyl (C=O) groups excluding carboxylic acids is 1. The largest absolute Gasteiger partial charge is 0.494 e. The molecule has 4 aliphatic rings. The Bertz CT molecular complexity index is 590. The fraction of sp³-hybridized carbons (Fsp3) is 0.667. The van der Waals surface area contributed by atoms with Crippen LogP contribution < -0.4 is 15.4 Å². The molecule has 0 aliphatic heterocycles. The molecule has 0 unspecified atom stereocenters. The molecule has 0 spiro atoms.